The van der Waals surface area contributed by atoms with E-state index in [1.165, 1.54) is 18.2 Å². The topological polar surface area (TPSA) is 79.3 Å². The second kappa shape index (κ2) is 4.92. The summed E-state index contributed by atoms with van der Waals surface area (Å²) in [5.74, 6) is -2.11. The third kappa shape index (κ3) is 2.69. The first-order valence-corrected chi connectivity index (χ1v) is 5.64. The summed E-state index contributed by atoms with van der Waals surface area (Å²) in [5, 5.41) is 11.6. The van der Waals surface area contributed by atoms with E-state index in [4.69, 9.17) is 5.11 Å². The molecule has 0 unspecified atom stereocenters. The van der Waals surface area contributed by atoms with Gasteiger partial charge in [-0.25, -0.2) is 14.2 Å². The smallest absolute Gasteiger partial charge is 0.345 e. The Hall–Kier alpha value is -2.28. The Labute approximate surface area is 105 Å². The van der Waals surface area contributed by atoms with Gasteiger partial charge in [-0.1, -0.05) is 0 Å². The summed E-state index contributed by atoms with van der Waals surface area (Å²) < 4.78 is 12.6. The highest BCUT2D eigenvalue weighted by molar-refractivity contribution is 7.18. The van der Waals surface area contributed by atoms with Gasteiger partial charge in [0.25, 0.3) is 5.91 Å². The van der Waals surface area contributed by atoms with Gasteiger partial charge in [-0.3, -0.25) is 4.79 Å². The molecule has 2 N–H and O–H groups in total. The number of carboxylic acids is 1. The first kappa shape index (κ1) is 12.2. The van der Waals surface area contributed by atoms with Gasteiger partial charge in [-0.2, -0.15) is 0 Å². The fraction of sp³-hybridized carbons (Fsp3) is 0. The van der Waals surface area contributed by atoms with E-state index < -0.39 is 17.7 Å². The molecule has 0 aromatic carbocycles. The molecule has 2 aromatic heterocycles. The van der Waals surface area contributed by atoms with Crippen LogP contribution in [0.25, 0.3) is 0 Å². The average molecular weight is 266 g/mol. The lowest BCUT2D eigenvalue weighted by atomic mass is 10.3. The monoisotopic (exact) mass is 266 g/mol. The molecule has 18 heavy (non-hydrogen) atoms. The molecule has 92 valence electrons. The maximum atomic E-state index is 12.6. The van der Waals surface area contributed by atoms with Crippen LogP contribution in [-0.4, -0.2) is 22.0 Å². The van der Waals surface area contributed by atoms with Crippen LogP contribution in [0.4, 0.5) is 9.39 Å². The van der Waals surface area contributed by atoms with Gasteiger partial charge in [0.2, 0.25) is 0 Å². The van der Waals surface area contributed by atoms with E-state index in [-0.39, 0.29) is 10.6 Å². The van der Waals surface area contributed by atoms with Gasteiger partial charge in [-0.15, -0.1) is 11.3 Å². The normalized spacial score (nSPS) is 10.1. The molecule has 0 atom stereocenters. The van der Waals surface area contributed by atoms with Crippen molar-refractivity contribution >= 4 is 28.2 Å². The van der Waals surface area contributed by atoms with Gasteiger partial charge in [0, 0.05) is 0 Å². The summed E-state index contributed by atoms with van der Waals surface area (Å²) in [6.07, 6.45) is 0.937. The zero-order valence-electron chi connectivity index (χ0n) is 8.88. The minimum atomic E-state index is -1.06. The molecule has 0 saturated carbocycles. The van der Waals surface area contributed by atoms with Gasteiger partial charge in [0.05, 0.1) is 11.2 Å². The molecule has 0 saturated heterocycles. The summed E-state index contributed by atoms with van der Waals surface area (Å²) in [7, 11) is 0. The molecule has 2 rings (SSSR count). The standard InChI is InChI=1S/C11H7FN2O3S/c12-6-1-2-7(13-5-6)10(15)14-9-4-3-8(18-9)11(16)17/h1-5H,(H,14,15)(H,16,17). The molecule has 0 spiro atoms. The fourth-order valence-electron chi connectivity index (χ4n) is 1.21. The van der Waals surface area contributed by atoms with E-state index >= 15 is 0 Å². The molecule has 2 aromatic rings. The van der Waals surface area contributed by atoms with Crippen molar-refractivity contribution in [1.29, 1.82) is 0 Å². The predicted octanol–water partition coefficient (Wildman–Crippen LogP) is 2.23. The van der Waals surface area contributed by atoms with Gasteiger partial charge >= 0.3 is 5.97 Å². The summed E-state index contributed by atoms with van der Waals surface area (Å²) in [4.78, 5) is 26.1. The van der Waals surface area contributed by atoms with Crippen LogP contribution in [-0.2, 0) is 0 Å². The van der Waals surface area contributed by atoms with Crippen LogP contribution < -0.4 is 5.32 Å². The molecule has 0 bridgehead atoms. The number of nitrogens with zero attached hydrogens (tertiary/aromatic N) is 1. The van der Waals surface area contributed by atoms with E-state index in [9.17, 15) is 14.0 Å². The van der Waals surface area contributed by atoms with Crippen molar-refractivity contribution in [3.63, 3.8) is 0 Å². The highest BCUT2D eigenvalue weighted by atomic mass is 32.1. The van der Waals surface area contributed by atoms with Crippen molar-refractivity contribution in [3.8, 4) is 0 Å². The lowest BCUT2D eigenvalue weighted by Crippen LogP contribution is -2.12. The maximum absolute atomic E-state index is 12.6. The molecule has 0 aliphatic carbocycles. The number of carbonyl (C=O) groups is 2. The molecule has 0 aliphatic rings. The number of pyridine rings is 1. The number of aromatic carboxylic acids is 1. The first-order chi connectivity index (χ1) is 8.56. The molecule has 5 nitrogen and oxygen atoms in total. The van der Waals surface area contributed by atoms with E-state index in [2.05, 4.69) is 10.3 Å². The second-order valence-corrected chi connectivity index (χ2v) is 4.37. The van der Waals surface area contributed by atoms with Crippen molar-refractivity contribution in [2.75, 3.05) is 5.32 Å². The highest BCUT2D eigenvalue weighted by Crippen LogP contribution is 2.22. The molecule has 2 heterocycles. The average Bonchev–Trinajstić information content (AvgIpc) is 2.78. The Morgan fingerprint density at radius 3 is 2.61 bits per heavy atom. The molecule has 0 aliphatic heterocycles. The van der Waals surface area contributed by atoms with Crippen molar-refractivity contribution < 1.29 is 19.1 Å². The zero-order chi connectivity index (χ0) is 13.1. The Morgan fingerprint density at radius 2 is 2.06 bits per heavy atom. The van der Waals surface area contributed by atoms with Crippen molar-refractivity contribution in [2.45, 2.75) is 0 Å². The van der Waals surface area contributed by atoms with Crippen LogP contribution in [0.15, 0.2) is 30.5 Å². The number of halogens is 1. The van der Waals surface area contributed by atoms with E-state index in [0.717, 1.165) is 23.6 Å². The van der Waals surface area contributed by atoms with E-state index in [1.54, 1.807) is 0 Å². The van der Waals surface area contributed by atoms with Crippen molar-refractivity contribution in [3.05, 3.63) is 46.9 Å². The minimum absolute atomic E-state index is 0.0571. The molecular formula is C11H7FN2O3S. The Balaban J connectivity index is 2.11. The quantitative estimate of drug-likeness (QED) is 0.892. The minimum Gasteiger partial charge on any atom is -0.477 e. The summed E-state index contributed by atoms with van der Waals surface area (Å²) in [6.45, 7) is 0. The molecule has 0 fully saturated rings. The number of amides is 1. The third-order valence-electron chi connectivity index (χ3n) is 2.01. The summed E-state index contributed by atoms with van der Waals surface area (Å²) in [5.41, 5.74) is 0.0571. The Kier molecular flexibility index (Phi) is 3.33. The van der Waals surface area contributed by atoms with E-state index in [1.807, 2.05) is 0 Å². The number of carbonyl (C=O) groups excluding carboxylic acids is 1. The van der Waals surface area contributed by atoms with Gasteiger partial charge in [0.1, 0.15) is 16.4 Å². The van der Waals surface area contributed by atoms with Crippen molar-refractivity contribution in [2.24, 2.45) is 0 Å². The van der Waals surface area contributed by atoms with Crippen LogP contribution in [0.1, 0.15) is 20.2 Å². The van der Waals surface area contributed by atoms with Crippen LogP contribution in [0.5, 0.6) is 0 Å². The lowest BCUT2D eigenvalue weighted by Gasteiger charge is -2.00. The van der Waals surface area contributed by atoms with E-state index in [0.29, 0.717) is 5.00 Å². The molecule has 0 radical (unpaired) electrons. The zero-order valence-corrected chi connectivity index (χ0v) is 9.70. The Bertz CT molecular complexity index is 595. The maximum Gasteiger partial charge on any atom is 0.345 e. The molecular weight excluding hydrogens is 259 g/mol. The number of thiophene rings is 1. The molecule has 1 amide bonds. The highest BCUT2D eigenvalue weighted by Gasteiger charge is 2.11. The molecule has 7 heteroatoms. The largest absolute Gasteiger partial charge is 0.477 e. The number of anilines is 1. The van der Waals surface area contributed by atoms with Crippen LogP contribution in [0.3, 0.4) is 0 Å². The lowest BCUT2D eigenvalue weighted by molar-refractivity contribution is 0.0702. The van der Waals surface area contributed by atoms with Gasteiger partial charge in [-0.05, 0) is 24.3 Å². The summed E-state index contributed by atoms with van der Waals surface area (Å²) in [6, 6.07) is 5.24. The Morgan fingerprint density at radius 1 is 1.28 bits per heavy atom. The SMILES string of the molecule is O=C(Nc1ccc(C(=O)O)s1)c1ccc(F)cn1. The van der Waals surface area contributed by atoms with Crippen LogP contribution in [0.2, 0.25) is 0 Å². The first-order valence-electron chi connectivity index (χ1n) is 4.82. The number of rotatable bonds is 3. The van der Waals surface area contributed by atoms with Gasteiger partial charge < -0.3 is 10.4 Å². The number of aromatic nitrogens is 1. The van der Waals surface area contributed by atoms with Gasteiger partial charge in [0.15, 0.2) is 0 Å². The summed E-state index contributed by atoms with van der Waals surface area (Å²) >= 11 is 0.934. The number of nitrogens with one attached hydrogen (secondary N) is 1. The van der Waals surface area contributed by atoms with Crippen molar-refractivity contribution in [1.82, 2.24) is 4.98 Å². The predicted molar refractivity (Wildman–Crippen MR) is 63.4 cm³/mol. The number of hydrogen-bond donors (Lipinski definition) is 2. The second-order valence-electron chi connectivity index (χ2n) is 3.28. The number of hydrogen-bond acceptors (Lipinski definition) is 4. The van der Waals surface area contributed by atoms with Crippen LogP contribution in [0, 0.1) is 5.82 Å². The fourth-order valence-corrected chi connectivity index (χ4v) is 1.95. The third-order valence-corrected chi connectivity index (χ3v) is 3.00. The van der Waals surface area contributed by atoms with Crippen LogP contribution >= 0.6 is 11.3 Å². The number of carboxylic acid groups (broad SMARTS) is 1.